The van der Waals surface area contributed by atoms with Crippen LogP contribution in [-0.2, 0) is 11.3 Å². The van der Waals surface area contributed by atoms with E-state index in [-0.39, 0.29) is 23.5 Å². The summed E-state index contributed by atoms with van der Waals surface area (Å²) >= 11 is 0. The standard InChI is InChI=1S/C22H27FN2O2/c1-15(2)13-20(24-21(26)19-8-6-5-7-16(19)3)22(27)25(4)14-17-9-11-18(23)12-10-17/h5-12,15,20H,13-14H2,1-4H3,(H,24,26). The number of benzene rings is 2. The third-order valence-corrected chi connectivity index (χ3v) is 4.41. The zero-order valence-corrected chi connectivity index (χ0v) is 16.3. The van der Waals surface area contributed by atoms with Crippen molar-refractivity contribution < 1.29 is 14.0 Å². The van der Waals surface area contributed by atoms with E-state index in [0.717, 1.165) is 11.1 Å². The van der Waals surface area contributed by atoms with Crippen molar-refractivity contribution in [1.29, 1.82) is 0 Å². The van der Waals surface area contributed by atoms with Crippen molar-refractivity contribution in [1.82, 2.24) is 10.2 Å². The smallest absolute Gasteiger partial charge is 0.252 e. The molecule has 27 heavy (non-hydrogen) atoms. The molecule has 0 aliphatic carbocycles. The predicted octanol–water partition coefficient (Wildman–Crippen LogP) is 3.94. The number of aryl methyl sites for hydroxylation is 1. The van der Waals surface area contributed by atoms with Crippen LogP contribution < -0.4 is 5.32 Å². The molecular weight excluding hydrogens is 343 g/mol. The highest BCUT2D eigenvalue weighted by Crippen LogP contribution is 2.13. The lowest BCUT2D eigenvalue weighted by molar-refractivity contribution is -0.132. The highest BCUT2D eigenvalue weighted by molar-refractivity contribution is 5.98. The van der Waals surface area contributed by atoms with Gasteiger partial charge in [-0.3, -0.25) is 9.59 Å². The van der Waals surface area contributed by atoms with Crippen LogP contribution in [0.5, 0.6) is 0 Å². The molecule has 0 radical (unpaired) electrons. The molecule has 2 aromatic rings. The number of carbonyl (C=O) groups excluding carboxylic acids is 2. The third kappa shape index (κ3) is 5.91. The first-order chi connectivity index (χ1) is 12.8. The fourth-order valence-electron chi connectivity index (χ4n) is 2.96. The molecule has 0 saturated heterocycles. The fourth-order valence-corrected chi connectivity index (χ4v) is 2.96. The molecule has 0 saturated carbocycles. The highest BCUT2D eigenvalue weighted by atomic mass is 19.1. The summed E-state index contributed by atoms with van der Waals surface area (Å²) in [5.74, 6) is -0.469. The Hall–Kier alpha value is -2.69. The van der Waals surface area contributed by atoms with Gasteiger partial charge in [-0.2, -0.15) is 0 Å². The summed E-state index contributed by atoms with van der Waals surface area (Å²) in [6, 6.07) is 12.8. The number of amides is 2. The van der Waals surface area contributed by atoms with Crippen LogP contribution in [0.15, 0.2) is 48.5 Å². The van der Waals surface area contributed by atoms with Crippen LogP contribution in [0.2, 0.25) is 0 Å². The number of halogens is 1. The van der Waals surface area contributed by atoms with Crippen LogP contribution in [-0.4, -0.2) is 29.8 Å². The Morgan fingerprint density at radius 2 is 1.70 bits per heavy atom. The van der Waals surface area contributed by atoms with Crippen molar-refractivity contribution in [2.24, 2.45) is 5.92 Å². The molecule has 2 amide bonds. The molecule has 1 unspecified atom stereocenters. The van der Waals surface area contributed by atoms with Gasteiger partial charge in [0.2, 0.25) is 5.91 Å². The van der Waals surface area contributed by atoms with Crippen molar-refractivity contribution in [3.05, 3.63) is 71.0 Å². The Morgan fingerprint density at radius 1 is 1.07 bits per heavy atom. The van der Waals surface area contributed by atoms with Crippen LogP contribution in [0.4, 0.5) is 4.39 Å². The molecule has 0 heterocycles. The first-order valence-electron chi connectivity index (χ1n) is 9.14. The largest absolute Gasteiger partial charge is 0.340 e. The topological polar surface area (TPSA) is 49.4 Å². The lowest BCUT2D eigenvalue weighted by Crippen LogP contribution is -2.47. The molecule has 1 atom stereocenters. The number of nitrogens with zero attached hydrogens (tertiary/aromatic N) is 1. The molecule has 1 N–H and O–H groups in total. The van der Waals surface area contributed by atoms with Gasteiger partial charge < -0.3 is 10.2 Å². The van der Waals surface area contributed by atoms with Gasteiger partial charge in [-0.25, -0.2) is 4.39 Å². The minimum absolute atomic E-state index is 0.157. The van der Waals surface area contributed by atoms with Crippen LogP contribution in [0.3, 0.4) is 0 Å². The summed E-state index contributed by atoms with van der Waals surface area (Å²) in [5.41, 5.74) is 2.27. The van der Waals surface area contributed by atoms with Crippen LogP contribution in [0.25, 0.3) is 0 Å². The van der Waals surface area contributed by atoms with E-state index in [1.807, 2.05) is 39.0 Å². The van der Waals surface area contributed by atoms with Gasteiger partial charge in [0.05, 0.1) is 0 Å². The number of rotatable bonds is 7. The molecule has 0 fully saturated rings. The molecule has 4 nitrogen and oxygen atoms in total. The maximum Gasteiger partial charge on any atom is 0.252 e. The zero-order valence-electron chi connectivity index (χ0n) is 16.3. The van der Waals surface area contributed by atoms with E-state index in [2.05, 4.69) is 5.32 Å². The average molecular weight is 370 g/mol. The normalized spacial score (nSPS) is 11.9. The number of nitrogens with one attached hydrogen (secondary N) is 1. The van der Waals surface area contributed by atoms with E-state index in [1.165, 1.54) is 12.1 Å². The second-order valence-electron chi connectivity index (χ2n) is 7.29. The van der Waals surface area contributed by atoms with Crippen LogP contribution in [0, 0.1) is 18.7 Å². The molecule has 2 aromatic carbocycles. The Bertz CT molecular complexity index is 787. The summed E-state index contributed by atoms with van der Waals surface area (Å²) in [7, 11) is 1.69. The second kappa shape index (κ2) is 9.31. The van der Waals surface area contributed by atoms with Crippen molar-refractivity contribution in [2.45, 2.75) is 39.8 Å². The average Bonchev–Trinajstić information content (AvgIpc) is 2.62. The number of hydrogen-bond donors (Lipinski definition) is 1. The van der Waals surface area contributed by atoms with Gasteiger partial charge in [-0.15, -0.1) is 0 Å². The Balaban J connectivity index is 2.11. The summed E-state index contributed by atoms with van der Waals surface area (Å²) in [6.07, 6.45) is 0.546. The number of carbonyl (C=O) groups is 2. The van der Waals surface area contributed by atoms with Crippen molar-refractivity contribution in [3.8, 4) is 0 Å². The highest BCUT2D eigenvalue weighted by Gasteiger charge is 2.25. The minimum Gasteiger partial charge on any atom is -0.340 e. The van der Waals surface area contributed by atoms with Crippen LogP contribution >= 0.6 is 0 Å². The second-order valence-corrected chi connectivity index (χ2v) is 7.29. The zero-order chi connectivity index (χ0) is 20.0. The van der Waals surface area contributed by atoms with Gasteiger partial charge >= 0.3 is 0 Å². The van der Waals surface area contributed by atoms with E-state index in [9.17, 15) is 14.0 Å². The van der Waals surface area contributed by atoms with E-state index in [4.69, 9.17) is 0 Å². The monoisotopic (exact) mass is 370 g/mol. The molecule has 0 aromatic heterocycles. The Labute approximate surface area is 160 Å². The van der Waals surface area contributed by atoms with Gasteiger partial charge in [0.1, 0.15) is 11.9 Å². The number of likely N-dealkylation sites (N-methyl/N-ethyl adjacent to an activating group) is 1. The quantitative estimate of drug-likeness (QED) is 0.803. The molecule has 144 valence electrons. The first-order valence-corrected chi connectivity index (χ1v) is 9.14. The summed E-state index contributed by atoms with van der Waals surface area (Å²) < 4.78 is 13.1. The maximum atomic E-state index is 13.1. The molecule has 2 rings (SSSR count). The number of hydrogen-bond acceptors (Lipinski definition) is 2. The van der Waals surface area contributed by atoms with Crippen molar-refractivity contribution in [3.63, 3.8) is 0 Å². The lowest BCUT2D eigenvalue weighted by atomic mass is 10.0. The molecule has 0 bridgehead atoms. The fraction of sp³-hybridized carbons (Fsp3) is 0.364. The van der Waals surface area contributed by atoms with Gasteiger partial charge in [0.15, 0.2) is 0 Å². The summed E-state index contributed by atoms with van der Waals surface area (Å²) in [5, 5.41) is 2.89. The van der Waals surface area contributed by atoms with Crippen molar-refractivity contribution in [2.75, 3.05) is 7.05 Å². The molecule has 0 aliphatic heterocycles. The minimum atomic E-state index is -0.609. The Kier molecular flexibility index (Phi) is 7.11. The summed E-state index contributed by atoms with van der Waals surface area (Å²) in [6.45, 7) is 6.25. The third-order valence-electron chi connectivity index (χ3n) is 4.41. The van der Waals surface area contributed by atoms with Crippen molar-refractivity contribution >= 4 is 11.8 Å². The molecule has 0 aliphatic rings. The van der Waals surface area contributed by atoms with Crippen LogP contribution in [0.1, 0.15) is 41.8 Å². The van der Waals surface area contributed by atoms with Gasteiger partial charge in [-0.05, 0) is 48.6 Å². The summed E-state index contributed by atoms with van der Waals surface area (Å²) in [4.78, 5) is 27.2. The van der Waals surface area contributed by atoms with E-state index < -0.39 is 6.04 Å². The van der Waals surface area contributed by atoms with Gasteiger partial charge in [-0.1, -0.05) is 44.2 Å². The molecule has 0 spiro atoms. The molecular formula is C22H27FN2O2. The molecule has 5 heteroatoms. The Morgan fingerprint density at radius 3 is 2.30 bits per heavy atom. The van der Waals surface area contributed by atoms with E-state index in [1.54, 1.807) is 30.1 Å². The lowest BCUT2D eigenvalue weighted by Gasteiger charge is -2.26. The van der Waals surface area contributed by atoms with Gasteiger partial charge in [0, 0.05) is 19.2 Å². The van der Waals surface area contributed by atoms with Gasteiger partial charge in [0.25, 0.3) is 5.91 Å². The van der Waals surface area contributed by atoms with E-state index >= 15 is 0 Å². The predicted molar refractivity (Wildman–Crippen MR) is 105 cm³/mol. The maximum absolute atomic E-state index is 13.1. The first kappa shape index (κ1) is 20.6. The van der Waals surface area contributed by atoms with E-state index in [0.29, 0.717) is 18.5 Å². The SMILES string of the molecule is Cc1ccccc1C(=O)NC(CC(C)C)C(=O)N(C)Cc1ccc(F)cc1.